The van der Waals surface area contributed by atoms with Gasteiger partial charge in [-0.15, -0.1) is 0 Å². The van der Waals surface area contributed by atoms with E-state index in [2.05, 4.69) is 37.6 Å². The van der Waals surface area contributed by atoms with Crippen LogP contribution in [0.25, 0.3) is 0 Å². The monoisotopic (exact) mass is 534 g/mol. The van der Waals surface area contributed by atoms with Crippen LogP contribution in [0.1, 0.15) is 15.9 Å². The van der Waals surface area contributed by atoms with Crippen molar-refractivity contribution in [2.45, 2.75) is 6.54 Å². The minimum atomic E-state index is -1.41. The van der Waals surface area contributed by atoms with Crippen LogP contribution in [0.3, 0.4) is 0 Å². The number of hydrogen-bond acceptors (Lipinski definition) is 5. The van der Waals surface area contributed by atoms with Crippen molar-refractivity contribution in [1.29, 1.82) is 0 Å². The molecule has 3 rings (SSSR count). The van der Waals surface area contributed by atoms with E-state index in [9.17, 15) is 4.79 Å². The van der Waals surface area contributed by atoms with Gasteiger partial charge in [0.1, 0.15) is 0 Å². The molecule has 0 saturated carbocycles. The number of anilines is 2. The number of morpholine rings is 1. The molecule has 6 nitrogen and oxygen atoms in total. The predicted molar refractivity (Wildman–Crippen MR) is 101 cm³/mol. The van der Waals surface area contributed by atoms with Gasteiger partial charge in [-0.2, -0.15) is 0 Å². The quantitative estimate of drug-likeness (QED) is 0.489. The molecule has 0 bridgehead atoms. The first-order valence-electron chi connectivity index (χ1n) is 8.28. The van der Waals surface area contributed by atoms with E-state index in [1.54, 1.807) is 0 Å². The molecule has 0 atom stereocenters. The molecule has 1 aliphatic rings. The number of carbonyl (C=O) groups is 1. The maximum absolute atomic E-state index is 11.7. The van der Waals surface area contributed by atoms with E-state index < -0.39 is 24.8 Å². The molecule has 1 heterocycles. The molecule has 130 valence electrons. The number of nitrogens with two attached hydrogens (primary N) is 1. The first-order chi connectivity index (χ1) is 12.3. The minimum absolute atomic E-state index is 0.0657. The predicted octanol–water partition coefficient (Wildman–Crippen LogP) is 1.36. The van der Waals surface area contributed by atoms with Gasteiger partial charge in [0.15, 0.2) is 0 Å². The standard InChI is InChI=1S/C18H21N3O2.H2N.Pb/c19-18(22)15-3-1-14(2-4-15)13-20-16-5-7-17(8-6-16)21-9-11-23-12-10-21;;/h1-8,20H,9-13H2,(H2,19,22);1H2;/q;-1;+2/p-1. The van der Waals surface area contributed by atoms with Crippen LogP contribution in [0.15, 0.2) is 48.5 Å². The molecule has 2 radical (unpaired) electrons. The van der Waals surface area contributed by atoms with Crippen LogP contribution in [-0.2, 0) is 11.3 Å². The molecule has 0 unspecified atom stereocenters. The first-order valence-corrected chi connectivity index (χ1v) is 12.5. The molecule has 0 aromatic heterocycles. The van der Waals surface area contributed by atoms with Crippen molar-refractivity contribution in [3.05, 3.63) is 59.7 Å². The molecule has 1 amide bonds. The molecule has 4 N–H and O–H groups in total. The number of nitrogens with zero attached hydrogens (tertiary/aromatic N) is 1. The van der Waals surface area contributed by atoms with Gasteiger partial charge in [-0.05, 0) is 0 Å². The summed E-state index contributed by atoms with van der Waals surface area (Å²) in [5, 5.41) is 3.41. The van der Waals surface area contributed by atoms with Gasteiger partial charge in [-0.1, -0.05) is 0 Å². The normalized spacial score (nSPS) is 14.2. The van der Waals surface area contributed by atoms with Crippen molar-refractivity contribution in [2.24, 2.45) is 3.54 Å². The Hall–Kier alpha value is -1.65. The fraction of sp³-hybridized carbons (Fsp3) is 0.278. The molecule has 0 aliphatic carbocycles. The second kappa shape index (κ2) is 9.16. The van der Waals surface area contributed by atoms with Crippen LogP contribution in [0.5, 0.6) is 0 Å². The Morgan fingerprint density at radius 2 is 1.76 bits per heavy atom. The number of nitrogens with one attached hydrogen (secondary N) is 2. The van der Waals surface area contributed by atoms with E-state index in [4.69, 9.17) is 8.28 Å². The van der Waals surface area contributed by atoms with Crippen LogP contribution in [-0.4, -0.2) is 57.0 Å². The average Bonchev–Trinajstić information content (AvgIpc) is 2.68. The van der Waals surface area contributed by atoms with E-state index in [1.165, 1.54) is 5.69 Å². The summed E-state index contributed by atoms with van der Waals surface area (Å²) in [7, 11) is 0. The fourth-order valence-corrected chi connectivity index (χ4v) is 3.80. The van der Waals surface area contributed by atoms with E-state index in [0.29, 0.717) is 12.1 Å². The molecule has 25 heavy (non-hydrogen) atoms. The van der Waals surface area contributed by atoms with Gasteiger partial charge < -0.3 is 9.64 Å². The molecule has 2 aromatic carbocycles. The van der Waals surface area contributed by atoms with Crippen LogP contribution in [0, 0.1) is 0 Å². The summed E-state index contributed by atoms with van der Waals surface area (Å²) in [6.07, 6.45) is 0. The summed E-state index contributed by atoms with van der Waals surface area (Å²) in [4.78, 5) is 14.1. The van der Waals surface area contributed by atoms with Crippen LogP contribution >= 0.6 is 0 Å². The zero-order valence-corrected chi connectivity index (χ0v) is 17.9. The Morgan fingerprint density at radius 1 is 1.08 bits per heavy atom. The molecule has 7 heteroatoms. The fourth-order valence-electron chi connectivity index (χ4n) is 2.73. The molecule has 2 aromatic rings. The summed E-state index contributed by atoms with van der Waals surface area (Å²) < 4.78 is 13.7. The van der Waals surface area contributed by atoms with E-state index in [-0.39, 0.29) is 5.91 Å². The zero-order valence-electron chi connectivity index (χ0n) is 14.0. The topological polar surface area (TPSA) is 79.6 Å². The molecule has 0 spiro atoms. The molecular formula is C18H22N4O2Pb. The Kier molecular flexibility index (Phi) is 6.65. The third-order valence-electron chi connectivity index (χ3n) is 4.14. The summed E-state index contributed by atoms with van der Waals surface area (Å²) in [6, 6.07) is 16.1. The summed E-state index contributed by atoms with van der Waals surface area (Å²) in [6.45, 7) is 4.19. The van der Waals surface area contributed by atoms with Gasteiger partial charge in [-0.25, -0.2) is 0 Å². The molecular weight excluding hydrogens is 511 g/mol. The van der Waals surface area contributed by atoms with Gasteiger partial charge in [0.05, 0.1) is 13.2 Å². The van der Waals surface area contributed by atoms with Crippen molar-refractivity contribution >= 4 is 42.1 Å². The Morgan fingerprint density at radius 3 is 2.40 bits per heavy atom. The van der Waals surface area contributed by atoms with E-state index >= 15 is 0 Å². The molecule has 1 fully saturated rings. The van der Waals surface area contributed by atoms with Crippen LogP contribution < -0.4 is 16.9 Å². The van der Waals surface area contributed by atoms with Crippen molar-refractivity contribution in [1.82, 2.24) is 3.13 Å². The average molecular weight is 534 g/mol. The van der Waals surface area contributed by atoms with Crippen molar-refractivity contribution < 1.29 is 9.53 Å². The maximum atomic E-state index is 11.7. The number of amides is 1. The Bertz CT molecular complexity index is 685. The summed E-state index contributed by atoms with van der Waals surface area (Å²) in [5.41, 5.74) is 4.10. The van der Waals surface area contributed by atoms with Crippen molar-refractivity contribution in [3.63, 3.8) is 0 Å². The van der Waals surface area contributed by atoms with Crippen LogP contribution in [0.2, 0.25) is 0 Å². The third kappa shape index (κ3) is 5.16. The second-order valence-electron chi connectivity index (χ2n) is 5.80. The van der Waals surface area contributed by atoms with Gasteiger partial charge in [0.2, 0.25) is 0 Å². The van der Waals surface area contributed by atoms with Gasteiger partial charge in [-0.3, -0.25) is 0 Å². The Balaban J connectivity index is 1.53. The molecule has 1 saturated heterocycles. The zero-order chi connectivity index (χ0) is 17.5. The number of ether oxygens (including phenoxy) is 1. The van der Waals surface area contributed by atoms with Crippen molar-refractivity contribution in [3.8, 4) is 0 Å². The van der Waals surface area contributed by atoms with E-state index in [1.807, 2.05) is 24.3 Å². The summed E-state index contributed by atoms with van der Waals surface area (Å²) in [5.74, 6) is -0.0657. The van der Waals surface area contributed by atoms with E-state index in [0.717, 1.165) is 37.6 Å². The second-order valence-corrected chi connectivity index (χ2v) is 7.89. The Labute approximate surface area is 160 Å². The van der Waals surface area contributed by atoms with Gasteiger partial charge in [0, 0.05) is 13.1 Å². The number of hydrogen-bond donors (Lipinski definition) is 3. The van der Waals surface area contributed by atoms with Gasteiger partial charge >= 0.3 is 125 Å². The first kappa shape index (κ1) is 18.2. The SMILES string of the molecule is [NH2][Pb][NH]C(=O)c1ccc(CNc2ccc(N3CCOCC3)cc2)cc1. The number of carbonyl (C=O) groups excluding carboxylic acids is 1. The number of rotatable bonds is 6. The summed E-state index contributed by atoms with van der Waals surface area (Å²) >= 11 is -1.41. The van der Waals surface area contributed by atoms with Crippen LogP contribution in [0.4, 0.5) is 11.4 Å². The number of benzene rings is 2. The van der Waals surface area contributed by atoms with Crippen molar-refractivity contribution in [2.75, 3.05) is 36.5 Å². The third-order valence-corrected chi connectivity index (χ3v) is 5.59. The molecule has 1 aliphatic heterocycles. The van der Waals surface area contributed by atoms with Gasteiger partial charge in [0.25, 0.3) is 0 Å².